The van der Waals surface area contributed by atoms with Crippen LogP contribution in [0.15, 0.2) is 24.7 Å². The van der Waals surface area contributed by atoms with Crippen molar-refractivity contribution in [3.05, 3.63) is 35.9 Å². The first-order valence-electron chi connectivity index (χ1n) is 5.42. The van der Waals surface area contributed by atoms with Crippen LogP contribution in [0.4, 0.5) is 0 Å². The minimum Gasteiger partial charge on any atom is -0.305 e. The van der Waals surface area contributed by atoms with Gasteiger partial charge in [0.2, 0.25) is 0 Å². The maximum atomic E-state index is 4.43. The van der Waals surface area contributed by atoms with Crippen LogP contribution in [0.25, 0.3) is 0 Å². The summed E-state index contributed by atoms with van der Waals surface area (Å²) in [5.74, 6) is 0. The summed E-state index contributed by atoms with van der Waals surface area (Å²) in [6.07, 6.45) is 5.85. The summed E-state index contributed by atoms with van der Waals surface area (Å²) >= 11 is 0. The molecule has 2 heterocycles. The molecule has 0 aliphatic heterocycles. The number of nitrogens with one attached hydrogen (secondary N) is 1. The third-order valence-corrected chi connectivity index (χ3v) is 2.50. The largest absolute Gasteiger partial charge is 0.305 e. The molecule has 2 aromatic heterocycles. The Morgan fingerprint density at radius 3 is 2.69 bits per heavy atom. The predicted octanol–water partition coefficient (Wildman–Crippen LogP) is 0.852. The van der Waals surface area contributed by atoms with Crippen molar-refractivity contribution in [1.82, 2.24) is 24.9 Å². The summed E-state index contributed by atoms with van der Waals surface area (Å²) in [5, 5.41) is 12.0. The smallest absolute Gasteiger partial charge is 0.0840 e. The van der Waals surface area contributed by atoms with Crippen LogP contribution in [0.1, 0.15) is 24.2 Å². The van der Waals surface area contributed by atoms with Gasteiger partial charge in [-0.3, -0.25) is 9.36 Å². The molecule has 16 heavy (non-hydrogen) atoms. The summed E-state index contributed by atoms with van der Waals surface area (Å²) < 4.78 is 3.62. The van der Waals surface area contributed by atoms with Gasteiger partial charge in [0.05, 0.1) is 17.9 Å². The highest BCUT2D eigenvalue weighted by atomic mass is 15.3. The molecule has 0 spiro atoms. The fourth-order valence-electron chi connectivity index (χ4n) is 1.77. The van der Waals surface area contributed by atoms with E-state index in [1.54, 1.807) is 0 Å². The highest BCUT2D eigenvalue weighted by molar-refractivity contribution is 5.22. The lowest BCUT2D eigenvalue weighted by Crippen LogP contribution is -2.22. The monoisotopic (exact) mass is 219 g/mol. The molecule has 1 unspecified atom stereocenters. The Hall–Kier alpha value is -1.62. The van der Waals surface area contributed by atoms with Gasteiger partial charge >= 0.3 is 0 Å². The lowest BCUT2D eigenvalue weighted by Gasteiger charge is -2.13. The summed E-state index contributed by atoms with van der Waals surface area (Å²) in [6.45, 7) is 2.99. The molecule has 86 valence electrons. The standard InChI is InChI=1S/C11H17N5/c1-4-12-11(9-7-13-16(3)8-9)10-5-6-15(2)14-10/h5-8,11-12H,4H2,1-3H3. The zero-order chi connectivity index (χ0) is 11.5. The Morgan fingerprint density at radius 1 is 1.38 bits per heavy atom. The zero-order valence-corrected chi connectivity index (χ0v) is 9.88. The van der Waals surface area contributed by atoms with Crippen molar-refractivity contribution in [3.63, 3.8) is 0 Å². The topological polar surface area (TPSA) is 47.7 Å². The highest BCUT2D eigenvalue weighted by Gasteiger charge is 2.16. The average molecular weight is 219 g/mol. The minimum absolute atomic E-state index is 0.125. The van der Waals surface area contributed by atoms with Crippen LogP contribution in [0.5, 0.6) is 0 Å². The van der Waals surface area contributed by atoms with Gasteiger partial charge in [0.25, 0.3) is 0 Å². The van der Waals surface area contributed by atoms with E-state index in [0.717, 1.165) is 17.8 Å². The number of rotatable bonds is 4. The summed E-state index contributed by atoms with van der Waals surface area (Å²) in [5.41, 5.74) is 2.17. The fourth-order valence-corrected chi connectivity index (χ4v) is 1.77. The SMILES string of the molecule is CCNC(c1cnn(C)c1)c1ccn(C)n1. The van der Waals surface area contributed by atoms with Crippen LogP contribution in [0.2, 0.25) is 0 Å². The molecule has 1 N–H and O–H groups in total. The number of hydrogen-bond donors (Lipinski definition) is 1. The summed E-state index contributed by atoms with van der Waals surface area (Å²) in [7, 11) is 3.85. The molecule has 2 rings (SSSR count). The Morgan fingerprint density at radius 2 is 2.19 bits per heavy atom. The number of hydrogen-bond acceptors (Lipinski definition) is 3. The van der Waals surface area contributed by atoms with Crippen LogP contribution in [-0.4, -0.2) is 26.1 Å². The molecule has 0 aliphatic carbocycles. The van der Waals surface area contributed by atoms with Gasteiger partial charge in [-0.2, -0.15) is 10.2 Å². The van der Waals surface area contributed by atoms with E-state index in [2.05, 4.69) is 22.4 Å². The summed E-state index contributed by atoms with van der Waals surface area (Å²) in [4.78, 5) is 0. The van der Waals surface area contributed by atoms with Gasteiger partial charge in [0, 0.05) is 32.1 Å². The first kappa shape index (κ1) is 10.9. The van der Waals surface area contributed by atoms with Crippen molar-refractivity contribution in [2.45, 2.75) is 13.0 Å². The van der Waals surface area contributed by atoms with Crippen LogP contribution < -0.4 is 5.32 Å². The van der Waals surface area contributed by atoms with E-state index in [1.165, 1.54) is 0 Å². The number of aryl methyl sites for hydroxylation is 2. The lowest BCUT2D eigenvalue weighted by molar-refractivity contribution is 0.599. The van der Waals surface area contributed by atoms with Crippen molar-refractivity contribution >= 4 is 0 Å². The van der Waals surface area contributed by atoms with E-state index in [9.17, 15) is 0 Å². The Balaban J connectivity index is 2.30. The van der Waals surface area contributed by atoms with Crippen LogP contribution in [-0.2, 0) is 14.1 Å². The minimum atomic E-state index is 0.125. The van der Waals surface area contributed by atoms with Crippen LogP contribution >= 0.6 is 0 Å². The molecule has 1 atom stereocenters. The molecule has 0 amide bonds. The highest BCUT2D eigenvalue weighted by Crippen LogP contribution is 2.19. The quantitative estimate of drug-likeness (QED) is 0.829. The maximum Gasteiger partial charge on any atom is 0.0840 e. The Labute approximate surface area is 95.1 Å². The molecular weight excluding hydrogens is 202 g/mol. The number of aromatic nitrogens is 4. The first-order chi connectivity index (χ1) is 7.70. The normalized spacial score (nSPS) is 12.9. The van der Waals surface area contributed by atoms with Crippen molar-refractivity contribution in [1.29, 1.82) is 0 Å². The third-order valence-electron chi connectivity index (χ3n) is 2.50. The second-order valence-corrected chi connectivity index (χ2v) is 3.85. The van der Waals surface area contributed by atoms with Crippen molar-refractivity contribution < 1.29 is 0 Å². The Kier molecular flexibility index (Phi) is 3.05. The van der Waals surface area contributed by atoms with Gasteiger partial charge in [0.1, 0.15) is 0 Å². The number of nitrogens with zero attached hydrogens (tertiary/aromatic N) is 4. The first-order valence-corrected chi connectivity index (χ1v) is 5.42. The maximum absolute atomic E-state index is 4.43. The van der Waals surface area contributed by atoms with E-state index < -0.39 is 0 Å². The Bertz CT molecular complexity index is 416. The molecule has 5 heteroatoms. The molecule has 0 saturated heterocycles. The van der Waals surface area contributed by atoms with Crippen LogP contribution in [0.3, 0.4) is 0 Å². The lowest BCUT2D eigenvalue weighted by atomic mass is 10.1. The summed E-state index contributed by atoms with van der Waals surface area (Å²) in [6, 6.07) is 2.15. The average Bonchev–Trinajstić information content (AvgIpc) is 2.84. The van der Waals surface area contributed by atoms with E-state index >= 15 is 0 Å². The van der Waals surface area contributed by atoms with Gasteiger partial charge in [-0.05, 0) is 12.6 Å². The molecule has 0 radical (unpaired) electrons. The second-order valence-electron chi connectivity index (χ2n) is 3.85. The molecule has 0 aliphatic rings. The molecule has 0 fully saturated rings. The molecule has 0 bridgehead atoms. The molecule has 2 aromatic rings. The van der Waals surface area contributed by atoms with Gasteiger partial charge < -0.3 is 5.32 Å². The van der Waals surface area contributed by atoms with Crippen molar-refractivity contribution in [3.8, 4) is 0 Å². The van der Waals surface area contributed by atoms with E-state index in [0.29, 0.717) is 0 Å². The predicted molar refractivity (Wildman–Crippen MR) is 61.9 cm³/mol. The van der Waals surface area contributed by atoms with E-state index in [4.69, 9.17) is 0 Å². The van der Waals surface area contributed by atoms with Gasteiger partial charge in [0.15, 0.2) is 0 Å². The van der Waals surface area contributed by atoms with Gasteiger partial charge in [-0.1, -0.05) is 6.92 Å². The zero-order valence-electron chi connectivity index (χ0n) is 9.88. The fraction of sp³-hybridized carbons (Fsp3) is 0.455. The van der Waals surface area contributed by atoms with E-state index in [1.807, 2.05) is 48.1 Å². The second kappa shape index (κ2) is 4.49. The van der Waals surface area contributed by atoms with Crippen LogP contribution in [0, 0.1) is 0 Å². The van der Waals surface area contributed by atoms with Crippen molar-refractivity contribution in [2.24, 2.45) is 14.1 Å². The van der Waals surface area contributed by atoms with E-state index in [-0.39, 0.29) is 6.04 Å². The molecule has 0 aromatic carbocycles. The third kappa shape index (κ3) is 2.14. The van der Waals surface area contributed by atoms with Gasteiger partial charge in [-0.25, -0.2) is 0 Å². The molecule has 5 nitrogen and oxygen atoms in total. The van der Waals surface area contributed by atoms with Gasteiger partial charge in [-0.15, -0.1) is 0 Å². The molecular formula is C11H17N5. The van der Waals surface area contributed by atoms with Crippen molar-refractivity contribution in [2.75, 3.05) is 6.54 Å². The molecule has 0 saturated carbocycles.